The summed E-state index contributed by atoms with van der Waals surface area (Å²) >= 11 is 0. The average molecular weight is 374 g/mol. The minimum Gasteiger partial charge on any atom is -0.483 e. The van der Waals surface area contributed by atoms with Gasteiger partial charge >= 0.3 is 5.97 Å². The average Bonchev–Trinajstić information content (AvgIpc) is 3.31. The summed E-state index contributed by atoms with van der Waals surface area (Å²) in [6.45, 7) is 4.75. The number of aromatic amines is 1. The third-order valence-electron chi connectivity index (χ3n) is 4.51. The number of ether oxygens (including phenoxy) is 1. The predicted octanol–water partition coefficient (Wildman–Crippen LogP) is 1.92. The number of aryl methyl sites for hydroxylation is 1. The molecule has 0 amide bonds. The smallest absolute Gasteiger partial charge is 0.337 e. The van der Waals surface area contributed by atoms with Gasteiger partial charge in [0.25, 0.3) is 6.47 Å². The molecule has 1 saturated heterocycles. The highest BCUT2D eigenvalue weighted by Crippen LogP contribution is 2.22. The highest BCUT2D eigenvalue weighted by molar-refractivity contribution is 5.89. The summed E-state index contributed by atoms with van der Waals surface area (Å²) in [5.74, 6) is 2.15. The SMILES string of the molecule is CCc1n[nH]c(CN2CCC(Cc3cccc(C(=O)OC)c3)C2)n1.O=CO. The van der Waals surface area contributed by atoms with Crippen LogP contribution in [0.1, 0.15) is 40.9 Å². The summed E-state index contributed by atoms with van der Waals surface area (Å²) in [6, 6.07) is 7.75. The van der Waals surface area contributed by atoms with Crippen LogP contribution in [0.2, 0.25) is 0 Å². The lowest BCUT2D eigenvalue weighted by Gasteiger charge is -2.14. The Morgan fingerprint density at radius 1 is 1.48 bits per heavy atom. The van der Waals surface area contributed by atoms with E-state index in [1.807, 2.05) is 12.1 Å². The Morgan fingerprint density at radius 2 is 2.26 bits per heavy atom. The molecule has 1 unspecified atom stereocenters. The molecule has 2 N–H and O–H groups in total. The summed E-state index contributed by atoms with van der Waals surface area (Å²) in [4.78, 5) is 26.9. The van der Waals surface area contributed by atoms with E-state index in [1.165, 1.54) is 12.7 Å². The Labute approximate surface area is 158 Å². The summed E-state index contributed by atoms with van der Waals surface area (Å²) in [7, 11) is 1.41. The molecule has 1 aromatic carbocycles. The number of carbonyl (C=O) groups excluding carboxylic acids is 1. The van der Waals surface area contributed by atoms with Crippen LogP contribution in [-0.4, -0.2) is 57.8 Å². The molecule has 0 bridgehead atoms. The molecule has 0 saturated carbocycles. The molecule has 0 aliphatic carbocycles. The van der Waals surface area contributed by atoms with Crippen molar-refractivity contribution in [1.29, 1.82) is 0 Å². The van der Waals surface area contributed by atoms with Crippen LogP contribution in [0.25, 0.3) is 0 Å². The third-order valence-corrected chi connectivity index (χ3v) is 4.51. The molecule has 2 heterocycles. The van der Waals surface area contributed by atoms with E-state index in [-0.39, 0.29) is 12.4 Å². The molecule has 1 fully saturated rings. The number of likely N-dealkylation sites (tertiary alicyclic amines) is 1. The summed E-state index contributed by atoms with van der Waals surface area (Å²) in [6.07, 6.45) is 3.00. The van der Waals surface area contributed by atoms with Crippen molar-refractivity contribution < 1.29 is 19.4 Å². The van der Waals surface area contributed by atoms with Crippen LogP contribution in [-0.2, 0) is 28.9 Å². The van der Waals surface area contributed by atoms with Gasteiger partial charge in [-0.15, -0.1) is 0 Å². The largest absolute Gasteiger partial charge is 0.483 e. The van der Waals surface area contributed by atoms with E-state index >= 15 is 0 Å². The molecular formula is C19H26N4O4. The molecular weight excluding hydrogens is 348 g/mol. The molecule has 0 radical (unpaired) electrons. The standard InChI is InChI=1S/C18H24N4O2.CH2O2/c1-3-16-19-17(21-20-16)12-22-8-7-14(11-22)9-13-5-4-6-15(10-13)18(23)24-2;2-1-3/h4-6,10,14H,3,7-9,11-12H2,1-2H3,(H,19,20,21);1H,(H,2,3). The molecule has 146 valence electrons. The second-order valence-electron chi connectivity index (χ2n) is 6.44. The molecule has 2 aromatic rings. The van der Waals surface area contributed by atoms with E-state index < -0.39 is 0 Å². The number of carboxylic acid groups (broad SMARTS) is 1. The van der Waals surface area contributed by atoms with E-state index in [9.17, 15) is 4.79 Å². The summed E-state index contributed by atoms with van der Waals surface area (Å²) in [5, 5.41) is 14.1. The van der Waals surface area contributed by atoms with Crippen LogP contribution in [0, 0.1) is 5.92 Å². The Balaban J connectivity index is 0.000000817. The van der Waals surface area contributed by atoms with Crippen LogP contribution in [0.15, 0.2) is 24.3 Å². The van der Waals surface area contributed by atoms with Crippen molar-refractivity contribution in [3.05, 3.63) is 47.0 Å². The van der Waals surface area contributed by atoms with Gasteiger partial charge in [0.15, 0.2) is 0 Å². The number of methoxy groups -OCH3 is 1. The maximum atomic E-state index is 11.6. The van der Waals surface area contributed by atoms with E-state index in [1.54, 1.807) is 6.07 Å². The van der Waals surface area contributed by atoms with E-state index in [0.717, 1.165) is 50.5 Å². The van der Waals surface area contributed by atoms with Gasteiger partial charge in [-0.25, -0.2) is 9.78 Å². The van der Waals surface area contributed by atoms with Crippen LogP contribution in [0.4, 0.5) is 0 Å². The highest BCUT2D eigenvalue weighted by Gasteiger charge is 2.23. The van der Waals surface area contributed by atoms with Gasteiger partial charge in [-0.05, 0) is 43.0 Å². The van der Waals surface area contributed by atoms with E-state index in [4.69, 9.17) is 14.6 Å². The van der Waals surface area contributed by atoms with Gasteiger partial charge in [-0.3, -0.25) is 14.8 Å². The second kappa shape index (κ2) is 10.4. The molecule has 3 rings (SSSR count). The van der Waals surface area contributed by atoms with Gasteiger partial charge in [0, 0.05) is 13.0 Å². The molecule has 1 aromatic heterocycles. The second-order valence-corrected chi connectivity index (χ2v) is 6.44. The fourth-order valence-electron chi connectivity index (χ4n) is 3.28. The minimum absolute atomic E-state index is 0.250. The number of rotatable bonds is 6. The summed E-state index contributed by atoms with van der Waals surface area (Å²) in [5.41, 5.74) is 1.82. The molecule has 1 aliphatic rings. The van der Waals surface area contributed by atoms with Crippen molar-refractivity contribution in [2.24, 2.45) is 5.92 Å². The first-order chi connectivity index (χ1) is 13.1. The Kier molecular flexibility index (Phi) is 7.94. The number of nitrogens with one attached hydrogen (secondary N) is 1. The first kappa shape index (κ1) is 20.6. The van der Waals surface area contributed by atoms with Gasteiger partial charge in [0.1, 0.15) is 11.6 Å². The topological polar surface area (TPSA) is 108 Å². The zero-order chi connectivity index (χ0) is 19.6. The van der Waals surface area contributed by atoms with E-state index in [2.05, 4.69) is 33.1 Å². The molecule has 1 aliphatic heterocycles. The maximum Gasteiger partial charge on any atom is 0.337 e. The molecule has 8 heteroatoms. The number of hydrogen-bond donors (Lipinski definition) is 2. The predicted molar refractivity (Wildman–Crippen MR) is 99.3 cm³/mol. The van der Waals surface area contributed by atoms with Crippen LogP contribution in [0.3, 0.4) is 0 Å². The minimum atomic E-state index is -0.276. The third kappa shape index (κ3) is 6.18. The monoisotopic (exact) mass is 374 g/mol. The van der Waals surface area contributed by atoms with Crippen molar-refractivity contribution in [3.63, 3.8) is 0 Å². The number of H-pyrrole nitrogens is 1. The van der Waals surface area contributed by atoms with Crippen molar-refractivity contribution in [3.8, 4) is 0 Å². The lowest BCUT2D eigenvalue weighted by atomic mass is 9.97. The lowest BCUT2D eigenvalue weighted by Crippen LogP contribution is -2.21. The van der Waals surface area contributed by atoms with Gasteiger partial charge in [0.2, 0.25) is 0 Å². The molecule has 8 nitrogen and oxygen atoms in total. The van der Waals surface area contributed by atoms with Crippen molar-refractivity contribution in [2.45, 2.75) is 32.7 Å². The number of nitrogens with zero attached hydrogens (tertiary/aromatic N) is 3. The maximum absolute atomic E-state index is 11.6. The molecule has 1 atom stereocenters. The number of hydrogen-bond acceptors (Lipinski definition) is 6. The number of benzene rings is 1. The molecule has 27 heavy (non-hydrogen) atoms. The highest BCUT2D eigenvalue weighted by atomic mass is 16.5. The number of aromatic nitrogens is 3. The Morgan fingerprint density at radius 3 is 2.93 bits per heavy atom. The Bertz CT molecular complexity index is 747. The first-order valence-corrected chi connectivity index (χ1v) is 8.97. The zero-order valence-electron chi connectivity index (χ0n) is 15.7. The van der Waals surface area contributed by atoms with Crippen molar-refractivity contribution in [2.75, 3.05) is 20.2 Å². The van der Waals surface area contributed by atoms with Crippen LogP contribution >= 0.6 is 0 Å². The normalized spacial score (nSPS) is 16.4. The number of carbonyl (C=O) groups is 2. The van der Waals surface area contributed by atoms with Crippen LogP contribution in [0.5, 0.6) is 0 Å². The van der Waals surface area contributed by atoms with Gasteiger partial charge < -0.3 is 9.84 Å². The van der Waals surface area contributed by atoms with Gasteiger partial charge in [-0.2, -0.15) is 5.10 Å². The molecule has 0 spiro atoms. The first-order valence-electron chi connectivity index (χ1n) is 8.97. The number of esters is 1. The Hall–Kier alpha value is -2.74. The fraction of sp³-hybridized carbons (Fsp3) is 0.474. The van der Waals surface area contributed by atoms with Gasteiger partial charge in [0.05, 0.1) is 19.2 Å². The quantitative estimate of drug-likeness (QED) is 0.587. The van der Waals surface area contributed by atoms with E-state index in [0.29, 0.717) is 11.5 Å². The zero-order valence-corrected chi connectivity index (χ0v) is 15.7. The lowest BCUT2D eigenvalue weighted by molar-refractivity contribution is -0.122. The fourth-order valence-corrected chi connectivity index (χ4v) is 3.28. The van der Waals surface area contributed by atoms with Crippen molar-refractivity contribution in [1.82, 2.24) is 20.1 Å². The summed E-state index contributed by atoms with van der Waals surface area (Å²) < 4.78 is 4.79. The van der Waals surface area contributed by atoms with Gasteiger partial charge in [-0.1, -0.05) is 19.1 Å². The van der Waals surface area contributed by atoms with Crippen molar-refractivity contribution >= 4 is 12.4 Å². The van der Waals surface area contributed by atoms with Crippen LogP contribution < -0.4 is 0 Å².